The molecule has 1 aromatic carbocycles. The van der Waals surface area contributed by atoms with Crippen LogP contribution in [0.4, 0.5) is 0 Å². The molecule has 134 valence electrons. The normalized spacial score (nSPS) is 11.5. The molecule has 1 atom stereocenters. The van der Waals surface area contributed by atoms with E-state index in [-0.39, 0.29) is 12.1 Å². The van der Waals surface area contributed by atoms with E-state index in [9.17, 15) is 9.59 Å². The SMILES string of the molecule is CCOc1cc(C(=O)O[C@H](C)C(=O)NCc2ccco2)ccc1OC. The molecule has 1 aromatic heterocycles. The lowest BCUT2D eigenvalue weighted by Gasteiger charge is -2.14. The van der Waals surface area contributed by atoms with Crippen molar-refractivity contribution in [2.24, 2.45) is 0 Å². The summed E-state index contributed by atoms with van der Waals surface area (Å²) in [6.07, 6.45) is 0.574. The molecule has 25 heavy (non-hydrogen) atoms. The Kier molecular flexibility index (Phi) is 6.45. The summed E-state index contributed by atoms with van der Waals surface area (Å²) in [6.45, 7) is 3.99. The van der Waals surface area contributed by atoms with Crippen molar-refractivity contribution in [3.05, 3.63) is 47.9 Å². The fourth-order valence-electron chi connectivity index (χ4n) is 2.09. The van der Waals surface area contributed by atoms with E-state index in [1.54, 1.807) is 24.3 Å². The minimum absolute atomic E-state index is 0.227. The van der Waals surface area contributed by atoms with Gasteiger partial charge in [-0.25, -0.2) is 4.79 Å². The monoisotopic (exact) mass is 347 g/mol. The molecule has 1 N–H and O–H groups in total. The Hall–Kier alpha value is -2.96. The number of methoxy groups -OCH3 is 1. The summed E-state index contributed by atoms with van der Waals surface area (Å²) in [5, 5.41) is 2.64. The maximum Gasteiger partial charge on any atom is 0.339 e. The van der Waals surface area contributed by atoms with E-state index in [0.717, 1.165) is 0 Å². The van der Waals surface area contributed by atoms with Gasteiger partial charge in [0.1, 0.15) is 5.76 Å². The standard InChI is InChI=1S/C18H21NO6/c1-4-23-16-10-13(7-8-15(16)22-3)18(21)25-12(2)17(20)19-11-14-6-5-9-24-14/h5-10,12H,4,11H2,1-3H3,(H,19,20)/t12-/m1/s1. The van der Waals surface area contributed by atoms with E-state index in [4.69, 9.17) is 18.6 Å². The molecule has 0 radical (unpaired) electrons. The van der Waals surface area contributed by atoms with Crippen LogP contribution in [0.1, 0.15) is 30.0 Å². The third-order valence-corrected chi connectivity index (χ3v) is 3.37. The van der Waals surface area contributed by atoms with Gasteiger partial charge in [0.2, 0.25) is 0 Å². The van der Waals surface area contributed by atoms with Crippen molar-refractivity contribution in [3.8, 4) is 11.5 Å². The summed E-state index contributed by atoms with van der Waals surface area (Å²) in [4.78, 5) is 24.2. The van der Waals surface area contributed by atoms with Gasteiger partial charge in [-0.2, -0.15) is 0 Å². The minimum Gasteiger partial charge on any atom is -0.493 e. The summed E-state index contributed by atoms with van der Waals surface area (Å²) in [5.74, 6) is 0.535. The van der Waals surface area contributed by atoms with Crippen LogP contribution in [0, 0.1) is 0 Å². The third-order valence-electron chi connectivity index (χ3n) is 3.37. The van der Waals surface area contributed by atoms with E-state index in [1.807, 2.05) is 6.92 Å². The van der Waals surface area contributed by atoms with E-state index in [2.05, 4.69) is 5.32 Å². The fraction of sp³-hybridized carbons (Fsp3) is 0.333. The highest BCUT2D eigenvalue weighted by Gasteiger charge is 2.20. The zero-order chi connectivity index (χ0) is 18.2. The molecular weight excluding hydrogens is 326 g/mol. The van der Waals surface area contributed by atoms with Crippen LogP contribution in [0.5, 0.6) is 11.5 Å². The molecule has 0 fully saturated rings. The number of rotatable bonds is 8. The first-order chi connectivity index (χ1) is 12.0. The summed E-state index contributed by atoms with van der Waals surface area (Å²) in [6, 6.07) is 8.16. The second-order valence-electron chi connectivity index (χ2n) is 5.14. The Morgan fingerprint density at radius 3 is 2.68 bits per heavy atom. The smallest absolute Gasteiger partial charge is 0.339 e. The summed E-state index contributed by atoms with van der Waals surface area (Å²) >= 11 is 0. The summed E-state index contributed by atoms with van der Waals surface area (Å²) < 4.78 is 20.9. The maximum atomic E-state index is 12.2. The minimum atomic E-state index is -0.944. The van der Waals surface area contributed by atoms with Gasteiger partial charge >= 0.3 is 5.97 Å². The van der Waals surface area contributed by atoms with E-state index < -0.39 is 18.0 Å². The number of hydrogen-bond acceptors (Lipinski definition) is 6. The molecule has 0 saturated carbocycles. The van der Waals surface area contributed by atoms with E-state index >= 15 is 0 Å². The van der Waals surface area contributed by atoms with Gasteiger partial charge in [-0.05, 0) is 44.2 Å². The van der Waals surface area contributed by atoms with Gasteiger partial charge in [-0.3, -0.25) is 4.79 Å². The number of ether oxygens (including phenoxy) is 3. The van der Waals surface area contributed by atoms with Crippen molar-refractivity contribution >= 4 is 11.9 Å². The molecule has 7 nitrogen and oxygen atoms in total. The van der Waals surface area contributed by atoms with Crippen molar-refractivity contribution in [2.75, 3.05) is 13.7 Å². The van der Waals surface area contributed by atoms with Gasteiger partial charge in [-0.15, -0.1) is 0 Å². The summed E-state index contributed by atoms with van der Waals surface area (Å²) in [7, 11) is 1.52. The first kappa shape index (κ1) is 18.4. The molecule has 7 heteroatoms. The Morgan fingerprint density at radius 1 is 1.24 bits per heavy atom. The Bertz CT molecular complexity index is 710. The molecule has 0 unspecified atom stereocenters. The predicted octanol–water partition coefficient (Wildman–Crippen LogP) is 2.55. The average Bonchev–Trinajstić information content (AvgIpc) is 3.13. The number of carbonyl (C=O) groups excluding carboxylic acids is 2. The third kappa shape index (κ3) is 5.00. The average molecular weight is 347 g/mol. The fourth-order valence-corrected chi connectivity index (χ4v) is 2.09. The Balaban J connectivity index is 1.95. The quantitative estimate of drug-likeness (QED) is 0.739. The highest BCUT2D eigenvalue weighted by molar-refractivity contribution is 5.92. The first-order valence-corrected chi connectivity index (χ1v) is 7.87. The van der Waals surface area contributed by atoms with Gasteiger partial charge in [0.05, 0.1) is 32.1 Å². The molecule has 0 bridgehead atoms. The lowest BCUT2D eigenvalue weighted by molar-refractivity contribution is -0.129. The number of carbonyl (C=O) groups is 2. The van der Waals surface area contributed by atoms with Crippen LogP contribution in [-0.2, 0) is 16.1 Å². The van der Waals surface area contributed by atoms with E-state index in [0.29, 0.717) is 23.9 Å². The van der Waals surface area contributed by atoms with Crippen molar-refractivity contribution in [2.45, 2.75) is 26.5 Å². The van der Waals surface area contributed by atoms with Crippen molar-refractivity contribution in [1.29, 1.82) is 0 Å². The molecule has 0 aliphatic rings. The van der Waals surface area contributed by atoms with Crippen LogP contribution in [0.3, 0.4) is 0 Å². The van der Waals surface area contributed by atoms with Crippen LogP contribution < -0.4 is 14.8 Å². The highest BCUT2D eigenvalue weighted by atomic mass is 16.5. The highest BCUT2D eigenvalue weighted by Crippen LogP contribution is 2.28. The van der Waals surface area contributed by atoms with Gasteiger partial charge in [0.25, 0.3) is 5.91 Å². The van der Waals surface area contributed by atoms with Gasteiger partial charge in [0.15, 0.2) is 17.6 Å². The van der Waals surface area contributed by atoms with Gasteiger partial charge in [0, 0.05) is 0 Å². The van der Waals surface area contributed by atoms with Crippen LogP contribution in [0.15, 0.2) is 41.0 Å². The van der Waals surface area contributed by atoms with Crippen LogP contribution in [-0.4, -0.2) is 31.7 Å². The molecule has 0 aliphatic carbocycles. The van der Waals surface area contributed by atoms with Crippen LogP contribution >= 0.6 is 0 Å². The van der Waals surface area contributed by atoms with Gasteiger partial charge < -0.3 is 23.9 Å². The molecule has 1 amide bonds. The molecule has 0 aliphatic heterocycles. The number of esters is 1. The number of benzene rings is 1. The van der Waals surface area contributed by atoms with Crippen LogP contribution in [0.2, 0.25) is 0 Å². The summed E-state index contributed by atoms with van der Waals surface area (Å²) in [5.41, 5.74) is 0.273. The topological polar surface area (TPSA) is 87.0 Å². The van der Waals surface area contributed by atoms with Crippen LogP contribution in [0.25, 0.3) is 0 Å². The molecule has 0 spiro atoms. The molecule has 0 saturated heterocycles. The zero-order valence-electron chi connectivity index (χ0n) is 14.4. The Morgan fingerprint density at radius 2 is 2.04 bits per heavy atom. The van der Waals surface area contributed by atoms with Gasteiger partial charge in [-0.1, -0.05) is 0 Å². The lowest BCUT2D eigenvalue weighted by Crippen LogP contribution is -2.35. The maximum absolute atomic E-state index is 12.2. The molecule has 1 heterocycles. The second kappa shape index (κ2) is 8.77. The first-order valence-electron chi connectivity index (χ1n) is 7.87. The molecule has 2 rings (SSSR count). The second-order valence-corrected chi connectivity index (χ2v) is 5.14. The molecule has 2 aromatic rings. The van der Waals surface area contributed by atoms with Crippen molar-refractivity contribution in [3.63, 3.8) is 0 Å². The lowest BCUT2D eigenvalue weighted by atomic mass is 10.2. The molecular formula is C18H21NO6. The Labute approximate surface area is 145 Å². The number of nitrogens with one attached hydrogen (secondary N) is 1. The number of furan rings is 1. The number of amides is 1. The zero-order valence-corrected chi connectivity index (χ0v) is 14.4. The number of hydrogen-bond donors (Lipinski definition) is 1. The predicted molar refractivity (Wildman–Crippen MR) is 89.6 cm³/mol. The van der Waals surface area contributed by atoms with Crippen molar-refractivity contribution in [1.82, 2.24) is 5.32 Å². The largest absolute Gasteiger partial charge is 0.493 e. The van der Waals surface area contributed by atoms with Crippen molar-refractivity contribution < 1.29 is 28.2 Å². The van der Waals surface area contributed by atoms with E-state index in [1.165, 1.54) is 26.4 Å².